The number of anilines is 1. The summed E-state index contributed by atoms with van der Waals surface area (Å²) in [5.74, 6) is 0.268. The Morgan fingerprint density at radius 2 is 2.14 bits per heavy atom. The monoisotopic (exact) mass is 338 g/mol. The van der Waals surface area contributed by atoms with Crippen LogP contribution in [0.1, 0.15) is 0 Å². The van der Waals surface area contributed by atoms with Crippen molar-refractivity contribution in [3.63, 3.8) is 0 Å². The maximum Gasteiger partial charge on any atom is 0.258 e. The highest BCUT2D eigenvalue weighted by molar-refractivity contribution is 7.90. The van der Waals surface area contributed by atoms with Gasteiger partial charge in [-0.05, 0) is 24.3 Å². The highest BCUT2D eigenvalue weighted by atomic mass is 35.5. The van der Waals surface area contributed by atoms with Crippen LogP contribution in [0, 0.1) is 0 Å². The van der Waals surface area contributed by atoms with Crippen LogP contribution < -0.4 is 5.32 Å². The Hall–Kier alpha value is -2.19. The average molecular weight is 339 g/mol. The third-order valence-corrected chi connectivity index (χ3v) is 4.44. The van der Waals surface area contributed by atoms with E-state index in [1.165, 1.54) is 18.3 Å². The summed E-state index contributed by atoms with van der Waals surface area (Å²) in [5, 5.41) is 3.11. The quantitative estimate of drug-likeness (QED) is 0.874. The van der Waals surface area contributed by atoms with E-state index in [-0.39, 0.29) is 18.2 Å². The van der Waals surface area contributed by atoms with Crippen molar-refractivity contribution >= 4 is 39.2 Å². The van der Waals surface area contributed by atoms with Crippen molar-refractivity contribution in [1.29, 1.82) is 0 Å². The maximum absolute atomic E-state index is 12.2. The van der Waals surface area contributed by atoms with Gasteiger partial charge in [-0.3, -0.25) is 4.79 Å². The third-order valence-electron chi connectivity index (χ3n) is 3.06. The minimum atomic E-state index is -3.40. The number of carbonyl (C=O) groups excluding carboxylic acids is 1. The lowest BCUT2D eigenvalue weighted by atomic mass is 10.2. The van der Waals surface area contributed by atoms with Crippen molar-refractivity contribution in [3.05, 3.63) is 47.3 Å². The van der Waals surface area contributed by atoms with Crippen molar-refractivity contribution in [2.24, 2.45) is 4.40 Å². The molecule has 0 atom stereocenters. The van der Waals surface area contributed by atoms with Crippen LogP contribution in [-0.4, -0.2) is 42.3 Å². The molecule has 9 heteroatoms. The zero-order chi connectivity index (χ0) is 15.7. The molecule has 0 spiro atoms. The Balaban J connectivity index is 1.77. The molecule has 1 N–H and O–H groups in total. The standard InChI is InChI=1S/C13H11ClN4O3S/c14-10-2-3-11(15-7-10)16-13(19)9-1-4-12-17-22(20,21)6-5-18(12)8-9/h1-4,7-8H,5-6H2,(H,15,16,19). The summed E-state index contributed by atoms with van der Waals surface area (Å²) in [4.78, 5) is 17.8. The van der Waals surface area contributed by atoms with Gasteiger partial charge in [-0.15, -0.1) is 4.40 Å². The van der Waals surface area contributed by atoms with Gasteiger partial charge in [0.2, 0.25) is 0 Å². The van der Waals surface area contributed by atoms with Gasteiger partial charge in [0.15, 0.2) is 0 Å². The Morgan fingerprint density at radius 1 is 1.32 bits per heavy atom. The minimum Gasteiger partial charge on any atom is -0.330 e. The summed E-state index contributed by atoms with van der Waals surface area (Å²) < 4.78 is 26.5. The Labute approximate surface area is 132 Å². The van der Waals surface area contributed by atoms with Crippen LogP contribution >= 0.6 is 11.6 Å². The maximum atomic E-state index is 12.2. The molecule has 3 rings (SSSR count). The van der Waals surface area contributed by atoms with E-state index < -0.39 is 10.0 Å². The average Bonchev–Trinajstić information content (AvgIpc) is 2.48. The lowest BCUT2D eigenvalue weighted by molar-refractivity contribution is -0.112. The van der Waals surface area contributed by atoms with Gasteiger partial charge in [-0.25, -0.2) is 13.4 Å². The van der Waals surface area contributed by atoms with Crippen molar-refractivity contribution in [2.45, 2.75) is 0 Å². The van der Waals surface area contributed by atoms with E-state index in [9.17, 15) is 13.2 Å². The van der Waals surface area contributed by atoms with Gasteiger partial charge in [0.1, 0.15) is 11.7 Å². The first-order valence-corrected chi connectivity index (χ1v) is 8.34. The Morgan fingerprint density at radius 3 is 2.86 bits per heavy atom. The molecule has 0 fully saturated rings. The zero-order valence-corrected chi connectivity index (χ0v) is 12.8. The van der Waals surface area contributed by atoms with E-state index in [4.69, 9.17) is 11.6 Å². The number of carbonyl (C=O) groups is 1. The summed E-state index contributed by atoms with van der Waals surface area (Å²) in [7, 11) is -3.40. The van der Waals surface area contributed by atoms with Crippen LogP contribution in [0.3, 0.4) is 0 Å². The summed E-state index contributed by atoms with van der Waals surface area (Å²) in [6.07, 6.45) is 6.02. The summed E-state index contributed by atoms with van der Waals surface area (Å²) in [5.41, 5.74) is 0.384. The number of halogens is 1. The Kier molecular flexibility index (Phi) is 3.71. The number of aromatic nitrogens is 1. The van der Waals surface area contributed by atoms with Crippen LogP contribution in [0.5, 0.6) is 0 Å². The van der Waals surface area contributed by atoms with Gasteiger partial charge in [0, 0.05) is 18.9 Å². The van der Waals surface area contributed by atoms with Gasteiger partial charge >= 0.3 is 0 Å². The fourth-order valence-electron chi connectivity index (χ4n) is 1.97. The van der Waals surface area contributed by atoms with E-state index in [0.29, 0.717) is 22.2 Å². The van der Waals surface area contributed by atoms with Crippen molar-refractivity contribution < 1.29 is 13.2 Å². The number of nitrogens with one attached hydrogen (secondary N) is 1. The highest BCUT2D eigenvalue weighted by Gasteiger charge is 2.25. The van der Waals surface area contributed by atoms with Gasteiger partial charge in [0.05, 0.1) is 16.3 Å². The fraction of sp³-hybridized carbons (Fsp3) is 0.154. The number of pyridine rings is 1. The fourth-order valence-corrected chi connectivity index (χ4v) is 3.05. The third kappa shape index (κ3) is 3.18. The summed E-state index contributed by atoms with van der Waals surface area (Å²) >= 11 is 5.73. The number of hydrogen-bond acceptors (Lipinski definition) is 5. The van der Waals surface area contributed by atoms with Crippen LogP contribution in [0.25, 0.3) is 0 Å². The van der Waals surface area contributed by atoms with Crippen molar-refractivity contribution in [1.82, 2.24) is 9.88 Å². The largest absolute Gasteiger partial charge is 0.330 e. The first-order valence-electron chi connectivity index (χ1n) is 6.35. The summed E-state index contributed by atoms with van der Waals surface area (Å²) in [6.45, 7) is 0.265. The molecule has 0 bridgehead atoms. The number of nitrogens with zero attached hydrogens (tertiary/aromatic N) is 3. The molecule has 22 heavy (non-hydrogen) atoms. The van der Waals surface area contributed by atoms with E-state index in [2.05, 4.69) is 14.7 Å². The molecular weight excluding hydrogens is 328 g/mol. The number of rotatable bonds is 2. The molecule has 0 aliphatic carbocycles. The second-order valence-electron chi connectivity index (χ2n) is 4.66. The topological polar surface area (TPSA) is 91.7 Å². The van der Waals surface area contributed by atoms with E-state index in [0.717, 1.165) is 0 Å². The van der Waals surface area contributed by atoms with Gasteiger partial charge in [0.25, 0.3) is 15.9 Å². The molecular formula is C13H11ClN4O3S. The van der Waals surface area contributed by atoms with E-state index in [1.807, 2.05) is 0 Å². The molecule has 1 aromatic heterocycles. The van der Waals surface area contributed by atoms with E-state index in [1.54, 1.807) is 23.2 Å². The lowest BCUT2D eigenvalue weighted by Gasteiger charge is -2.26. The second kappa shape index (κ2) is 5.54. The van der Waals surface area contributed by atoms with Crippen molar-refractivity contribution in [3.8, 4) is 0 Å². The number of sulfonamides is 1. The van der Waals surface area contributed by atoms with Crippen LogP contribution in [0.15, 0.2) is 46.7 Å². The van der Waals surface area contributed by atoms with Crippen LogP contribution in [0.4, 0.5) is 5.82 Å². The molecule has 0 saturated carbocycles. The Bertz CT molecular complexity index is 812. The molecule has 0 radical (unpaired) electrons. The molecule has 2 aliphatic heterocycles. The summed E-state index contributed by atoms with van der Waals surface area (Å²) in [6, 6.07) is 3.21. The normalized spacial score (nSPS) is 19.0. The molecule has 1 amide bonds. The van der Waals surface area contributed by atoms with E-state index >= 15 is 0 Å². The lowest BCUT2D eigenvalue weighted by Crippen LogP contribution is -2.37. The minimum absolute atomic E-state index is 0.0749. The van der Waals surface area contributed by atoms with Crippen molar-refractivity contribution in [2.75, 3.05) is 17.6 Å². The molecule has 0 aromatic carbocycles. The molecule has 0 saturated heterocycles. The molecule has 1 aromatic rings. The van der Waals surface area contributed by atoms with Gasteiger partial charge < -0.3 is 10.2 Å². The molecule has 0 unspecified atom stereocenters. The molecule has 2 aliphatic rings. The van der Waals surface area contributed by atoms with Crippen LogP contribution in [0.2, 0.25) is 5.02 Å². The number of fused-ring (bicyclic) bond motifs is 1. The van der Waals surface area contributed by atoms with Crippen LogP contribution in [-0.2, 0) is 14.8 Å². The first kappa shape index (κ1) is 14.7. The number of amides is 1. The smallest absolute Gasteiger partial charge is 0.258 e. The zero-order valence-electron chi connectivity index (χ0n) is 11.2. The second-order valence-corrected chi connectivity index (χ2v) is 6.85. The van der Waals surface area contributed by atoms with Gasteiger partial charge in [-0.2, -0.15) is 0 Å². The molecule has 3 heterocycles. The highest BCUT2D eigenvalue weighted by Crippen LogP contribution is 2.17. The number of hydrogen-bond donors (Lipinski definition) is 1. The van der Waals surface area contributed by atoms with Gasteiger partial charge in [-0.1, -0.05) is 11.6 Å². The predicted octanol–water partition coefficient (Wildman–Crippen LogP) is 1.17. The number of amidine groups is 1. The molecule has 114 valence electrons. The SMILES string of the molecule is O=C(Nc1ccc(Cl)cn1)C1=CN2CCS(=O)(=O)N=C2C=C1. The molecule has 7 nitrogen and oxygen atoms in total. The first-order chi connectivity index (χ1) is 10.4. The predicted molar refractivity (Wildman–Crippen MR) is 83.0 cm³/mol.